The first kappa shape index (κ1) is 17.1. The van der Waals surface area contributed by atoms with Crippen LogP contribution in [0.4, 0.5) is 20.4 Å². The SMILES string of the molecule is COc1cc(-c2cnc(Nc3ccccc3C(F)F)nc2)ccc1Cl. The zero-order valence-corrected chi connectivity index (χ0v) is 14.0. The molecule has 0 atom stereocenters. The van der Waals surface area contributed by atoms with Crippen LogP contribution in [0.15, 0.2) is 54.9 Å². The van der Waals surface area contributed by atoms with Crippen molar-refractivity contribution in [3.05, 3.63) is 65.4 Å². The first-order chi connectivity index (χ1) is 12.1. The smallest absolute Gasteiger partial charge is 0.265 e. The maximum absolute atomic E-state index is 13.0. The van der Waals surface area contributed by atoms with E-state index in [1.54, 1.807) is 42.7 Å². The predicted molar refractivity (Wildman–Crippen MR) is 93.7 cm³/mol. The fraction of sp³-hybridized carbons (Fsp3) is 0.111. The van der Waals surface area contributed by atoms with E-state index in [0.717, 1.165) is 11.1 Å². The van der Waals surface area contributed by atoms with Gasteiger partial charge in [-0.25, -0.2) is 18.7 Å². The Morgan fingerprint density at radius 1 is 1.04 bits per heavy atom. The minimum absolute atomic E-state index is 0.0994. The Morgan fingerprint density at radius 2 is 1.76 bits per heavy atom. The molecular formula is C18H14ClF2N3O. The molecule has 7 heteroatoms. The van der Waals surface area contributed by atoms with Crippen molar-refractivity contribution < 1.29 is 13.5 Å². The Balaban J connectivity index is 1.84. The molecule has 0 bridgehead atoms. The number of hydrogen-bond acceptors (Lipinski definition) is 4. The Morgan fingerprint density at radius 3 is 2.44 bits per heavy atom. The van der Waals surface area contributed by atoms with Crippen LogP contribution >= 0.6 is 11.6 Å². The van der Waals surface area contributed by atoms with Gasteiger partial charge in [-0.1, -0.05) is 35.9 Å². The molecule has 128 valence electrons. The summed E-state index contributed by atoms with van der Waals surface area (Å²) in [5, 5.41) is 3.32. The number of alkyl halides is 2. The van der Waals surface area contributed by atoms with Crippen LogP contribution in [0, 0.1) is 0 Å². The minimum Gasteiger partial charge on any atom is -0.495 e. The number of hydrogen-bond donors (Lipinski definition) is 1. The lowest BCUT2D eigenvalue weighted by molar-refractivity contribution is 0.152. The third kappa shape index (κ3) is 3.85. The maximum Gasteiger partial charge on any atom is 0.265 e. The lowest BCUT2D eigenvalue weighted by Gasteiger charge is -2.10. The lowest BCUT2D eigenvalue weighted by atomic mass is 10.1. The second kappa shape index (κ2) is 7.44. The Bertz CT molecular complexity index is 872. The second-order valence-corrected chi connectivity index (χ2v) is 5.56. The van der Waals surface area contributed by atoms with Crippen molar-refractivity contribution in [2.75, 3.05) is 12.4 Å². The average molecular weight is 362 g/mol. The van der Waals surface area contributed by atoms with Gasteiger partial charge in [0.25, 0.3) is 6.43 Å². The molecule has 1 aromatic heterocycles. The van der Waals surface area contributed by atoms with E-state index in [2.05, 4.69) is 15.3 Å². The van der Waals surface area contributed by atoms with Crippen LogP contribution in [0.1, 0.15) is 12.0 Å². The van der Waals surface area contributed by atoms with Crippen molar-refractivity contribution in [2.45, 2.75) is 6.43 Å². The minimum atomic E-state index is -2.58. The van der Waals surface area contributed by atoms with Gasteiger partial charge in [-0.05, 0) is 23.8 Å². The van der Waals surface area contributed by atoms with Crippen molar-refractivity contribution in [1.82, 2.24) is 9.97 Å². The van der Waals surface area contributed by atoms with E-state index in [4.69, 9.17) is 16.3 Å². The highest BCUT2D eigenvalue weighted by Gasteiger charge is 2.13. The summed E-state index contributed by atoms with van der Waals surface area (Å²) < 4.78 is 31.2. The van der Waals surface area contributed by atoms with E-state index < -0.39 is 6.43 Å². The van der Waals surface area contributed by atoms with Crippen LogP contribution in [0.3, 0.4) is 0 Å². The number of halogens is 3. The number of methoxy groups -OCH3 is 1. The number of anilines is 2. The predicted octanol–water partition coefficient (Wildman–Crippen LogP) is 5.49. The summed E-state index contributed by atoms with van der Waals surface area (Å²) in [6, 6.07) is 11.5. The van der Waals surface area contributed by atoms with Gasteiger partial charge < -0.3 is 10.1 Å². The summed E-state index contributed by atoms with van der Waals surface area (Å²) in [5.74, 6) is 0.782. The summed E-state index contributed by atoms with van der Waals surface area (Å²) in [6.45, 7) is 0. The molecule has 0 saturated heterocycles. The molecule has 3 aromatic rings. The maximum atomic E-state index is 13.0. The van der Waals surface area contributed by atoms with Gasteiger partial charge in [-0.15, -0.1) is 0 Å². The Labute approximate surface area is 148 Å². The number of para-hydroxylation sites is 1. The van der Waals surface area contributed by atoms with Gasteiger partial charge in [0.05, 0.1) is 12.1 Å². The first-order valence-corrected chi connectivity index (χ1v) is 7.76. The highest BCUT2D eigenvalue weighted by Crippen LogP contribution is 2.31. The molecule has 3 rings (SSSR count). The van der Waals surface area contributed by atoms with Crippen LogP contribution < -0.4 is 10.1 Å². The van der Waals surface area contributed by atoms with Crippen molar-refractivity contribution in [2.24, 2.45) is 0 Å². The fourth-order valence-electron chi connectivity index (χ4n) is 2.30. The molecule has 0 aliphatic rings. The van der Waals surface area contributed by atoms with Crippen molar-refractivity contribution in [1.29, 1.82) is 0 Å². The molecular weight excluding hydrogens is 348 g/mol. The molecule has 2 aromatic carbocycles. The third-order valence-corrected chi connectivity index (χ3v) is 3.89. The molecule has 25 heavy (non-hydrogen) atoms. The topological polar surface area (TPSA) is 47.0 Å². The van der Waals surface area contributed by atoms with Gasteiger partial charge in [0.1, 0.15) is 5.75 Å². The normalized spacial score (nSPS) is 10.8. The van der Waals surface area contributed by atoms with Crippen LogP contribution in [-0.4, -0.2) is 17.1 Å². The molecule has 0 fully saturated rings. The summed E-state index contributed by atoms with van der Waals surface area (Å²) in [4.78, 5) is 8.38. The van der Waals surface area contributed by atoms with E-state index in [0.29, 0.717) is 10.8 Å². The lowest BCUT2D eigenvalue weighted by Crippen LogP contribution is -2.00. The van der Waals surface area contributed by atoms with Crippen LogP contribution in [0.5, 0.6) is 5.75 Å². The van der Waals surface area contributed by atoms with E-state index in [1.807, 2.05) is 6.07 Å². The largest absolute Gasteiger partial charge is 0.495 e. The second-order valence-electron chi connectivity index (χ2n) is 5.16. The fourth-order valence-corrected chi connectivity index (χ4v) is 2.50. The number of rotatable bonds is 5. The Kier molecular flexibility index (Phi) is 5.09. The van der Waals surface area contributed by atoms with E-state index >= 15 is 0 Å². The monoisotopic (exact) mass is 361 g/mol. The highest BCUT2D eigenvalue weighted by molar-refractivity contribution is 6.32. The van der Waals surface area contributed by atoms with Gasteiger partial charge in [0.2, 0.25) is 5.95 Å². The molecule has 0 unspecified atom stereocenters. The molecule has 0 spiro atoms. The number of nitrogens with one attached hydrogen (secondary N) is 1. The summed E-state index contributed by atoms with van der Waals surface area (Å²) >= 11 is 6.01. The number of benzene rings is 2. The van der Waals surface area contributed by atoms with Gasteiger partial charge in [0, 0.05) is 29.2 Å². The summed E-state index contributed by atoms with van der Waals surface area (Å²) in [6.07, 6.45) is 0.621. The molecule has 0 radical (unpaired) electrons. The quantitative estimate of drug-likeness (QED) is 0.653. The number of ether oxygens (including phenoxy) is 1. The first-order valence-electron chi connectivity index (χ1n) is 7.38. The van der Waals surface area contributed by atoms with Gasteiger partial charge in [0.15, 0.2) is 0 Å². The Hall–Kier alpha value is -2.73. The van der Waals surface area contributed by atoms with E-state index in [-0.39, 0.29) is 17.2 Å². The number of nitrogens with zero attached hydrogens (tertiary/aromatic N) is 2. The zero-order chi connectivity index (χ0) is 17.8. The molecule has 0 aliphatic heterocycles. The molecule has 0 amide bonds. The molecule has 0 saturated carbocycles. The third-order valence-electron chi connectivity index (χ3n) is 3.58. The van der Waals surface area contributed by atoms with Crippen molar-refractivity contribution >= 4 is 23.2 Å². The van der Waals surface area contributed by atoms with Crippen LogP contribution in [0.25, 0.3) is 11.1 Å². The number of aromatic nitrogens is 2. The summed E-state index contributed by atoms with van der Waals surface area (Å²) in [7, 11) is 1.54. The zero-order valence-electron chi connectivity index (χ0n) is 13.2. The molecule has 0 aliphatic carbocycles. The van der Waals surface area contributed by atoms with Crippen LogP contribution in [0.2, 0.25) is 5.02 Å². The van der Waals surface area contributed by atoms with Gasteiger partial charge in [-0.3, -0.25) is 0 Å². The van der Waals surface area contributed by atoms with Crippen molar-refractivity contribution in [3.8, 4) is 16.9 Å². The van der Waals surface area contributed by atoms with E-state index in [9.17, 15) is 8.78 Å². The molecule has 4 nitrogen and oxygen atoms in total. The van der Waals surface area contributed by atoms with Crippen molar-refractivity contribution in [3.63, 3.8) is 0 Å². The van der Waals surface area contributed by atoms with Crippen LogP contribution in [-0.2, 0) is 0 Å². The van der Waals surface area contributed by atoms with Gasteiger partial charge >= 0.3 is 0 Å². The van der Waals surface area contributed by atoms with E-state index in [1.165, 1.54) is 13.2 Å². The molecule has 1 heterocycles. The standard InChI is InChI=1S/C18H14ClF2N3O/c1-25-16-8-11(6-7-14(16)19)12-9-22-18(23-10-12)24-15-5-3-2-4-13(15)17(20)21/h2-10,17H,1H3,(H,22,23,24). The van der Waals surface area contributed by atoms with Gasteiger partial charge in [-0.2, -0.15) is 0 Å². The molecule has 1 N–H and O–H groups in total. The summed E-state index contributed by atoms with van der Waals surface area (Å²) in [5.41, 5.74) is 1.76. The highest BCUT2D eigenvalue weighted by atomic mass is 35.5. The average Bonchev–Trinajstić information content (AvgIpc) is 2.63.